The Kier molecular flexibility index (Phi) is 9.56. The van der Waals surface area contributed by atoms with Gasteiger partial charge in [0.15, 0.2) is 0 Å². The summed E-state index contributed by atoms with van der Waals surface area (Å²) < 4.78 is 0. The first-order valence-corrected chi connectivity index (χ1v) is 13.6. The Morgan fingerprint density at radius 3 is 2.17 bits per heavy atom. The number of carbonyl (C=O) groups is 1. The molecular formula is C31H43N3O. The molecule has 0 saturated heterocycles. The molecule has 0 aliphatic heterocycles. The zero-order chi connectivity index (χ0) is 24.5. The molecule has 0 unspecified atom stereocenters. The summed E-state index contributed by atoms with van der Waals surface area (Å²) in [4.78, 5) is 14.0. The molecule has 4 heteroatoms. The molecule has 4 nitrogen and oxygen atoms in total. The molecule has 188 valence electrons. The Hall–Kier alpha value is -2.43. The average Bonchev–Trinajstić information content (AvgIpc) is 2.87. The minimum atomic E-state index is -0.0294. The average molecular weight is 474 g/mol. The summed E-state index contributed by atoms with van der Waals surface area (Å²) in [6, 6.07) is 20.0. The molecule has 4 rings (SSSR count). The van der Waals surface area contributed by atoms with Gasteiger partial charge in [0.2, 0.25) is 5.91 Å². The van der Waals surface area contributed by atoms with Gasteiger partial charge < -0.3 is 11.1 Å². The van der Waals surface area contributed by atoms with E-state index in [9.17, 15) is 4.79 Å². The predicted octanol–water partition coefficient (Wildman–Crippen LogP) is 6.63. The molecule has 0 spiro atoms. The highest BCUT2D eigenvalue weighted by molar-refractivity contribution is 5.88. The molecule has 1 amide bonds. The van der Waals surface area contributed by atoms with Crippen molar-refractivity contribution in [3.05, 3.63) is 71.8 Å². The number of benzene rings is 2. The van der Waals surface area contributed by atoms with Crippen molar-refractivity contribution in [3.63, 3.8) is 0 Å². The largest absolute Gasteiger partial charge is 0.328 e. The van der Waals surface area contributed by atoms with Crippen LogP contribution in [0.3, 0.4) is 0 Å². The lowest BCUT2D eigenvalue weighted by atomic mass is 9.75. The first kappa shape index (κ1) is 25.7. The van der Waals surface area contributed by atoms with Crippen molar-refractivity contribution in [1.82, 2.24) is 4.90 Å². The van der Waals surface area contributed by atoms with E-state index < -0.39 is 0 Å². The summed E-state index contributed by atoms with van der Waals surface area (Å²) in [7, 11) is 0. The van der Waals surface area contributed by atoms with Gasteiger partial charge in [0.25, 0.3) is 0 Å². The second-order valence-electron chi connectivity index (χ2n) is 10.8. The minimum absolute atomic E-state index is 0.0294. The highest BCUT2D eigenvalue weighted by Crippen LogP contribution is 2.36. The fourth-order valence-corrected chi connectivity index (χ4v) is 6.00. The molecule has 2 fully saturated rings. The van der Waals surface area contributed by atoms with E-state index in [2.05, 4.69) is 64.8 Å². The van der Waals surface area contributed by atoms with Crippen LogP contribution in [0.4, 0.5) is 5.69 Å². The molecular weight excluding hydrogens is 430 g/mol. The van der Waals surface area contributed by atoms with E-state index in [0.29, 0.717) is 12.1 Å². The number of anilines is 1. The Morgan fingerprint density at radius 2 is 1.54 bits per heavy atom. The predicted molar refractivity (Wildman–Crippen MR) is 147 cm³/mol. The quantitative estimate of drug-likeness (QED) is 0.430. The maximum atomic E-state index is 11.4. The Balaban J connectivity index is 1.35. The lowest BCUT2D eigenvalue weighted by Crippen LogP contribution is -2.38. The molecule has 0 heterocycles. The number of nitrogens with one attached hydrogen (secondary N) is 1. The van der Waals surface area contributed by atoms with Crippen LogP contribution in [0.25, 0.3) is 6.08 Å². The number of rotatable bonds is 9. The van der Waals surface area contributed by atoms with Gasteiger partial charge >= 0.3 is 0 Å². The first-order valence-electron chi connectivity index (χ1n) is 13.6. The third-order valence-corrected chi connectivity index (χ3v) is 8.00. The molecule has 2 aliphatic rings. The summed E-state index contributed by atoms with van der Waals surface area (Å²) in [6.45, 7) is 3.45. The van der Waals surface area contributed by atoms with Gasteiger partial charge in [0.05, 0.1) is 0 Å². The van der Waals surface area contributed by atoms with Crippen LogP contribution in [0.15, 0.2) is 60.7 Å². The number of hydrogen-bond acceptors (Lipinski definition) is 3. The fourth-order valence-electron chi connectivity index (χ4n) is 6.00. The summed E-state index contributed by atoms with van der Waals surface area (Å²) >= 11 is 0. The van der Waals surface area contributed by atoms with Crippen LogP contribution in [0.2, 0.25) is 0 Å². The molecule has 3 N–H and O–H groups in total. The van der Waals surface area contributed by atoms with Gasteiger partial charge in [0, 0.05) is 37.8 Å². The van der Waals surface area contributed by atoms with Gasteiger partial charge in [-0.05, 0) is 92.9 Å². The van der Waals surface area contributed by atoms with Crippen LogP contribution in [-0.2, 0) is 11.3 Å². The number of hydrogen-bond donors (Lipinski definition) is 2. The van der Waals surface area contributed by atoms with Crippen LogP contribution in [0.1, 0.15) is 75.8 Å². The van der Waals surface area contributed by atoms with Gasteiger partial charge in [-0.3, -0.25) is 9.69 Å². The zero-order valence-corrected chi connectivity index (χ0v) is 21.4. The Bertz CT molecular complexity index is 923. The first-order chi connectivity index (χ1) is 17.0. The molecule has 0 bridgehead atoms. The zero-order valence-electron chi connectivity index (χ0n) is 21.4. The number of carbonyl (C=O) groups excluding carboxylic acids is 1. The van der Waals surface area contributed by atoms with Crippen molar-refractivity contribution in [3.8, 4) is 0 Å². The highest BCUT2D eigenvalue weighted by atomic mass is 16.1. The van der Waals surface area contributed by atoms with Crippen molar-refractivity contribution in [2.45, 2.75) is 83.3 Å². The second-order valence-corrected chi connectivity index (χ2v) is 10.8. The van der Waals surface area contributed by atoms with Gasteiger partial charge in [-0.25, -0.2) is 0 Å². The van der Waals surface area contributed by atoms with Gasteiger partial charge in [-0.15, -0.1) is 0 Å². The van der Waals surface area contributed by atoms with E-state index >= 15 is 0 Å². The van der Waals surface area contributed by atoms with E-state index in [0.717, 1.165) is 30.6 Å². The van der Waals surface area contributed by atoms with Crippen molar-refractivity contribution < 1.29 is 4.79 Å². The van der Waals surface area contributed by atoms with Crippen LogP contribution in [0.5, 0.6) is 0 Å². The van der Waals surface area contributed by atoms with Gasteiger partial charge in [0.1, 0.15) is 0 Å². The molecule has 0 atom stereocenters. The van der Waals surface area contributed by atoms with Crippen molar-refractivity contribution in [2.24, 2.45) is 17.6 Å². The number of amides is 1. The summed E-state index contributed by atoms with van der Waals surface area (Å²) in [5.74, 6) is 1.77. The van der Waals surface area contributed by atoms with Gasteiger partial charge in [-0.1, -0.05) is 54.6 Å². The van der Waals surface area contributed by atoms with Crippen molar-refractivity contribution in [1.29, 1.82) is 0 Å². The fraction of sp³-hybridized carbons (Fsp3) is 0.516. The van der Waals surface area contributed by atoms with Crippen LogP contribution < -0.4 is 11.1 Å². The van der Waals surface area contributed by atoms with Crippen LogP contribution in [0, 0.1) is 11.8 Å². The monoisotopic (exact) mass is 473 g/mol. The Morgan fingerprint density at radius 1 is 0.914 bits per heavy atom. The molecule has 2 aromatic rings. The lowest BCUT2D eigenvalue weighted by molar-refractivity contribution is -0.114. The minimum Gasteiger partial charge on any atom is -0.328 e. The van der Waals surface area contributed by atoms with E-state index in [4.69, 9.17) is 5.73 Å². The number of nitrogens with two attached hydrogens (primary N) is 1. The molecule has 0 radical (unpaired) electrons. The lowest BCUT2D eigenvalue weighted by Gasteiger charge is -2.38. The summed E-state index contributed by atoms with van der Waals surface area (Å²) in [5.41, 5.74) is 9.54. The molecule has 2 aromatic carbocycles. The van der Waals surface area contributed by atoms with E-state index in [-0.39, 0.29) is 5.91 Å². The highest BCUT2D eigenvalue weighted by Gasteiger charge is 2.28. The van der Waals surface area contributed by atoms with E-state index in [1.54, 1.807) is 6.92 Å². The smallest absolute Gasteiger partial charge is 0.221 e. The third-order valence-electron chi connectivity index (χ3n) is 8.00. The summed E-state index contributed by atoms with van der Waals surface area (Å²) in [6.07, 6.45) is 16.4. The topological polar surface area (TPSA) is 58.4 Å². The Labute approximate surface area is 212 Å². The molecule has 0 aromatic heterocycles. The number of nitrogens with zero attached hydrogens (tertiary/aromatic N) is 1. The third kappa shape index (κ3) is 8.33. The maximum Gasteiger partial charge on any atom is 0.221 e. The van der Waals surface area contributed by atoms with E-state index in [1.807, 2.05) is 12.1 Å². The summed E-state index contributed by atoms with van der Waals surface area (Å²) in [5, 5.41) is 2.87. The molecule has 2 aliphatic carbocycles. The van der Waals surface area contributed by atoms with Crippen LogP contribution >= 0.6 is 0 Å². The van der Waals surface area contributed by atoms with Crippen molar-refractivity contribution >= 4 is 17.7 Å². The van der Waals surface area contributed by atoms with Crippen molar-refractivity contribution in [2.75, 3.05) is 11.9 Å². The second kappa shape index (κ2) is 13.0. The van der Waals surface area contributed by atoms with E-state index in [1.165, 1.54) is 68.9 Å². The normalized spacial score (nSPS) is 25.1. The standard InChI is InChI=1S/C31H43N3O/c1-24(35)33-30-17-11-28(12-18-30)23-34(21-5-8-25-6-3-2-4-7-25)31-19-13-27(14-20-31)22-26-9-15-29(32)16-10-26/h2-8,11-12,17-18,26-27,29,31H,9-10,13-16,19-23,32H2,1H3,(H,33,35). The molecule has 35 heavy (non-hydrogen) atoms. The molecule has 2 saturated carbocycles. The maximum absolute atomic E-state index is 11.4. The van der Waals surface area contributed by atoms with Gasteiger partial charge in [-0.2, -0.15) is 0 Å². The SMILES string of the molecule is CC(=O)Nc1ccc(CN(CC=Cc2ccccc2)C2CCC(CC3CCC(N)CC3)CC2)cc1. The van der Waals surface area contributed by atoms with Crippen LogP contribution in [-0.4, -0.2) is 29.4 Å².